The van der Waals surface area contributed by atoms with Gasteiger partial charge >= 0.3 is 6.03 Å². The van der Waals surface area contributed by atoms with Gasteiger partial charge in [-0.05, 0) is 48.6 Å². The van der Waals surface area contributed by atoms with Crippen LogP contribution >= 0.6 is 11.3 Å². The van der Waals surface area contributed by atoms with Crippen molar-refractivity contribution in [2.45, 2.75) is 25.5 Å². The molecule has 1 atom stereocenters. The molecule has 1 N–H and O–H groups in total. The number of hydrogen-bond acceptors (Lipinski definition) is 4. The van der Waals surface area contributed by atoms with Crippen LogP contribution in [0.15, 0.2) is 41.8 Å². The summed E-state index contributed by atoms with van der Waals surface area (Å²) in [5, 5.41) is 13.8. The number of ether oxygens (including phenoxy) is 1. The fraction of sp³-hybridized carbons (Fsp3) is 0.333. The van der Waals surface area contributed by atoms with Crippen molar-refractivity contribution in [3.8, 4) is 6.07 Å². The number of amides is 2. The van der Waals surface area contributed by atoms with E-state index in [-0.39, 0.29) is 12.1 Å². The Hall–Kier alpha value is -2.36. The third-order valence-corrected chi connectivity index (χ3v) is 4.79. The molecule has 124 valence electrons. The summed E-state index contributed by atoms with van der Waals surface area (Å²) < 4.78 is 5.68. The number of urea groups is 1. The molecule has 1 aliphatic rings. The molecule has 1 aliphatic heterocycles. The van der Waals surface area contributed by atoms with Gasteiger partial charge in [0.05, 0.1) is 24.3 Å². The normalized spacial score (nSPS) is 16.5. The summed E-state index contributed by atoms with van der Waals surface area (Å²) in [6.45, 7) is 1.93. The number of thiophene rings is 1. The first-order valence-electron chi connectivity index (χ1n) is 7.94. The molecule has 3 rings (SSSR count). The van der Waals surface area contributed by atoms with Crippen molar-refractivity contribution in [3.63, 3.8) is 0 Å². The highest BCUT2D eigenvalue weighted by molar-refractivity contribution is 7.09. The van der Waals surface area contributed by atoms with Crippen molar-refractivity contribution >= 4 is 23.1 Å². The van der Waals surface area contributed by atoms with E-state index in [2.05, 4.69) is 11.4 Å². The Balaban J connectivity index is 1.67. The number of anilines is 1. The maximum absolute atomic E-state index is 12.7. The Morgan fingerprint density at radius 1 is 1.38 bits per heavy atom. The highest BCUT2D eigenvalue weighted by Crippen LogP contribution is 2.18. The van der Waals surface area contributed by atoms with E-state index in [1.165, 1.54) is 0 Å². The number of nitrogens with one attached hydrogen (secondary N) is 1. The highest BCUT2D eigenvalue weighted by atomic mass is 32.1. The number of carbonyl (C=O) groups is 1. The fourth-order valence-electron chi connectivity index (χ4n) is 2.67. The van der Waals surface area contributed by atoms with Crippen LogP contribution in [0.5, 0.6) is 0 Å². The van der Waals surface area contributed by atoms with E-state index in [0.717, 1.165) is 24.3 Å². The summed E-state index contributed by atoms with van der Waals surface area (Å²) >= 11 is 1.64. The van der Waals surface area contributed by atoms with Gasteiger partial charge in [0, 0.05) is 23.7 Å². The van der Waals surface area contributed by atoms with Crippen molar-refractivity contribution in [1.82, 2.24) is 4.90 Å². The monoisotopic (exact) mass is 341 g/mol. The lowest BCUT2D eigenvalue weighted by atomic mass is 10.2. The zero-order chi connectivity index (χ0) is 16.8. The second-order valence-electron chi connectivity index (χ2n) is 5.71. The lowest BCUT2D eigenvalue weighted by Gasteiger charge is -2.25. The van der Waals surface area contributed by atoms with Crippen molar-refractivity contribution in [2.75, 3.05) is 18.5 Å². The smallest absolute Gasteiger partial charge is 0.322 e. The molecule has 5 nitrogen and oxygen atoms in total. The molecule has 0 radical (unpaired) electrons. The van der Waals surface area contributed by atoms with Crippen LogP contribution in [0.2, 0.25) is 0 Å². The SMILES string of the molecule is N#Cc1ccc(NC(=O)N(Cc2cccs2)CC2CCCO2)cc1. The number of hydrogen-bond donors (Lipinski definition) is 1. The summed E-state index contributed by atoms with van der Waals surface area (Å²) in [7, 11) is 0. The van der Waals surface area contributed by atoms with E-state index >= 15 is 0 Å². The van der Waals surface area contributed by atoms with Crippen LogP contribution in [0.1, 0.15) is 23.3 Å². The Morgan fingerprint density at radius 2 is 2.21 bits per heavy atom. The molecule has 2 aromatic rings. The first kappa shape index (κ1) is 16.5. The molecular formula is C18H19N3O2S. The summed E-state index contributed by atoms with van der Waals surface area (Å²) in [4.78, 5) is 15.6. The van der Waals surface area contributed by atoms with Crippen LogP contribution in [0, 0.1) is 11.3 Å². The molecule has 2 heterocycles. The Kier molecular flexibility index (Phi) is 5.47. The molecule has 0 spiro atoms. The van der Waals surface area contributed by atoms with E-state index in [1.54, 1.807) is 40.5 Å². The van der Waals surface area contributed by atoms with E-state index in [9.17, 15) is 4.79 Å². The number of nitrogens with zero attached hydrogens (tertiary/aromatic N) is 2. The lowest BCUT2D eigenvalue weighted by molar-refractivity contribution is 0.0821. The molecule has 1 unspecified atom stereocenters. The molecule has 1 fully saturated rings. The molecule has 24 heavy (non-hydrogen) atoms. The van der Waals surface area contributed by atoms with Gasteiger partial charge < -0.3 is 15.0 Å². The molecule has 0 saturated carbocycles. The molecule has 0 aliphatic carbocycles. The summed E-state index contributed by atoms with van der Waals surface area (Å²) in [5.74, 6) is 0. The maximum atomic E-state index is 12.7. The average molecular weight is 341 g/mol. The molecule has 1 saturated heterocycles. The van der Waals surface area contributed by atoms with Crippen molar-refractivity contribution < 1.29 is 9.53 Å². The van der Waals surface area contributed by atoms with Crippen molar-refractivity contribution in [3.05, 3.63) is 52.2 Å². The minimum absolute atomic E-state index is 0.108. The molecular weight excluding hydrogens is 322 g/mol. The molecule has 2 amide bonds. The van der Waals surface area contributed by atoms with E-state index in [4.69, 9.17) is 10.00 Å². The van der Waals surface area contributed by atoms with Crippen LogP contribution < -0.4 is 5.32 Å². The van der Waals surface area contributed by atoms with E-state index in [0.29, 0.717) is 24.3 Å². The maximum Gasteiger partial charge on any atom is 0.322 e. The third-order valence-electron chi connectivity index (χ3n) is 3.93. The van der Waals surface area contributed by atoms with Gasteiger partial charge in [-0.1, -0.05) is 6.07 Å². The quantitative estimate of drug-likeness (QED) is 0.899. The third kappa shape index (κ3) is 4.34. The van der Waals surface area contributed by atoms with Gasteiger partial charge in [0.15, 0.2) is 0 Å². The Labute approximate surface area is 145 Å². The van der Waals surface area contributed by atoms with Crippen molar-refractivity contribution in [2.24, 2.45) is 0 Å². The topological polar surface area (TPSA) is 65.4 Å². The van der Waals surface area contributed by atoms with Crippen molar-refractivity contribution in [1.29, 1.82) is 5.26 Å². The molecule has 6 heteroatoms. The highest BCUT2D eigenvalue weighted by Gasteiger charge is 2.23. The van der Waals surface area contributed by atoms with Gasteiger partial charge in [-0.3, -0.25) is 0 Å². The largest absolute Gasteiger partial charge is 0.376 e. The van der Waals surface area contributed by atoms with Gasteiger partial charge in [0.25, 0.3) is 0 Å². The van der Waals surface area contributed by atoms with Crippen LogP contribution in [-0.4, -0.2) is 30.2 Å². The van der Waals surface area contributed by atoms with E-state index in [1.807, 2.05) is 17.5 Å². The molecule has 1 aromatic carbocycles. The number of nitriles is 1. The number of rotatable bonds is 5. The summed E-state index contributed by atoms with van der Waals surface area (Å²) in [5.41, 5.74) is 1.25. The van der Waals surface area contributed by atoms with Crippen LogP contribution in [0.25, 0.3) is 0 Å². The molecule has 0 bridgehead atoms. The predicted molar refractivity (Wildman–Crippen MR) is 93.9 cm³/mol. The van der Waals surface area contributed by atoms with Gasteiger partial charge in [-0.2, -0.15) is 5.26 Å². The second kappa shape index (κ2) is 7.95. The second-order valence-corrected chi connectivity index (χ2v) is 6.75. The van der Waals surface area contributed by atoms with Gasteiger partial charge in [0.1, 0.15) is 0 Å². The Bertz CT molecular complexity index is 701. The zero-order valence-corrected chi connectivity index (χ0v) is 14.1. The van der Waals surface area contributed by atoms with Gasteiger partial charge in [0.2, 0.25) is 0 Å². The standard InChI is InChI=1S/C18H19N3O2S/c19-11-14-5-7-15(8-6-14)20-18(22)21(12-16-3-1-9-23-16)13-17-4-2-10-24-17/h2,4-8,10,16H,1,3,9,12-13H2,(H,20,22). The van der Waals surface area contributed by atoms with E-state index < -0.39 is 0 Å². The minimum Gasteiger partial charge on any atom is -0.376 e. The Morgan fingerprint density at radius 3 is 2.83 bits per heavy atom. The van der Waals surface area contributed by atoms with Crippen LogP contribution in [-0.2, 0) is 11.3 Å². The molecule has 1 aromatic heterocycles. The van der Waals surface area contributed by atoms with Gasteiger partial charge in [-0.25, -0.2) is 4.79 Å². The number of benzene rings is 1. The summed E-state index contributed by atoms with van der Waals surface area (Å²) in [6.07, 6.45) is 2.15. The van der Waals surface area contributed by atoms with Gasteiger partial charge in [-0.15, -0.1) is 11.3 Å². The predicted octanol–water partition coefficient (Wildman–Crippen LogP) is 3.83. The van der Waals surface area contributed by atoms with Crippen LogP contribution in [0.4, 0.5) is 10.5 Å². The minimum atomic E-state index is -0.149. The number of carbonyl (C=O) groups excluding carboxylic acids is 1. The first-order valence-corrected chi connectivity index (χ1v) is 8.82. The first-order chi connectivity index (χ1) is 11.7. The fourth-order valence-corrected chi connectivity index (χ4v) is 3.39. The zero-order valence-electron chi connectivity index (χ0n) is 13.3. The lowest BCUT2D eigenvalue weighted by Crippen LogP contribution is -2.39. The summed E-state index contributed by atoms with van der Waals surface area (Å²) in [6, 6.07) is 12.8. The van der Waals surface area contributed by atoms with Crippen LogP contribution in [0.3, 0.4) is 0 Å². The average Bonchev–Trinajstić information content (AvgIpc) is 3.29.